The monoisotopic (exact) mass is 356 g/mol. The molecule has 0 saturated carbocycles. The van der Waals surface area contributed by atoms with Crippen LogP contribution < -0.4 is 18.9 Å². The topological polar surface area (TPSA) is 77.8 Å². The number of hydrogen-bond donors (Lipinski definition) is 3. The zero-order valence-electron chi connectivity index (χ0n) is 15.8. The summed E-state index contributed by atoms with van der Waals surface area (Å²) in [6, 6.07) is 20.6. The average Bonchev–Trinajstić information content (AvgIpc) is 2.46. The Morgan fingerprint density at radius 3 is 1.80 bits per heavy atom. The zero-order chi connectivity index (χ0) is 18.6. The first-order valence-electron chi connectivity index (χ1n) is 7.68. The Kier molecular flexibility index (Phi) is 8.88. The van der Waals surface area contributed by atoms with Gasteiger partial charge in [-0.2, -0.15) is 29.8 Å². The van der Waals surface area contributed by atoms with Crippen LogP contribution >= 0.6 is 7.82 Å². The van der Waals surface area contributed by atoms with E-state index in [1.807, 2.05) is 0 Å². The van der Waals surface area contributed by atoms with Crippen molar-refractivity contribution in [1.29, 1.82) is 0 Å². The van der Waals surface area contributed by atoms with Crippen LogP contribution in [0, 0.1) is 6.07 Å². The normalized spacial score (nSPS) is 11.8. The van der Waals surface area contributed by atoms with Crippen molar-refractivity contribution in [3.63, 3.8) is 0 Å². The SMILES string of the molecule is CC(C)(C)c1[c-]ccc(C(C)(C)c2ccccc2)c1.O=P(O)(O)O.[Li+]. The molecule has 0 spiro atoms. The van der Waals surface area contributed by atoms with Crippen LogP contribution in [0.2, 0.25) is 0 Å². The van der Waals surface area contributed by atoms with Gasteiger partial charge in [-0.1, -0.05) is 65.0 Å². The Balaban J connectivity index is 0.000000848. The Morgan fingerprint density at radius 2 is 1.36 bits per heavy atom. The van der Waals surface area contributed by atoms with Crippen LogP contribution in [0.4, 0.5) is 0 Å². The van der Waals surface area contributed by atoms with Crippen LogP contribution in [0.3, 0.4) is 0 Å². The molecule has 3 N–H and O–H groups in total. The molecule has 2 aromatic rings. The maximum Gasteiger partial charge on any atom is 1.00 e. The van der Waals surface area contributed by atoms with Crippen molar-refractivity contribution in [3.8, 4) is 0 Å². The molecule has 0 heterocycles. The smallest absolute Gasteiger partial charge is 0.303 e. The third kappa shape index (κ3) is 8.38. The summed E-state index contributed by atoms with van der Waals surface area (Å²) in [7, 11) is -4.64. The van der Waals surface area contributed by atoms with Crippen LogP contribution in [0.5, 0.6) is 0 Å². The van der Waals surface area contributed by atoms with E-state index >= 15 is 0 Å². The summed E-state index contributed by atoms with van der Waals surface area (Å²) in [6.07, 6.45) is 0. The van der Waals surface area contributed by atoms with Gasteiger partial charge in [0.15, 0.2) is 0 Å². The van der Waals surface area contributed by atoms with Crippen molar-refractivity contribution in [3.05, 3.63) is 71.3 Å². The second kappa shape index (κ2) is 9.19. The van der Waals surface area contributed by atoms with Gasteiger partial charge in [0.05, 0.1) is 0 Å². The molecule has 6 heteroatoms. The summed E-state index contributed by atoms with van der Waals surface area (Å²) >= 11 is 0. The van der Waals surface area contributed by atoms with E-state index in [0.717, 1.165) is 0 Å². The molecule has 0 aromatic heterocycles. The van der Waals surface area contributed by atoms with Gasteiger partial charge in [-0.15, -0.1) is 5.56 Å². The molecule has 0 amide bonds. The van der Waals surface area contributed by atoms with E-state index in [0.29, 0.717) is 0 Å². The quantitative estimate of drug-likeness (QED) is 0.429. The van der Waals surface area contributed by atoms with E-state index in [9.17, 15) is 0 Å². The largest absolute Gasteiger partial charge is 1.00 e. The Morgan fingerprint density at radius 1 is 0.880 bits per heavy atom. The van der Waals surface area contributed by atoms with Crippen molar-refractivity contribution in [2.24, 2.45) is 0 Å². The third-order valence-corrected chi connectivity index (χ3v) is 3.83. The fourth-order valence-corrected chi connectivity index (χ4v) is 2.31. The van der Waals surface area contributed by atoms with Crippen molar-refractivity contribution in [1.82, 2.24) is 0 Å². The molecule has 0 aliphatic carbocycles. The predicted molar refractivity (Wildman–Crippen MR) is 96.8 cm³/mol. The summed E-state index contributed by atoms with van der Waals surface area (Å²) in [5.41, 5.74) is 4.14. The minimum Gasteiger partial charge on any atom is -0.303 e. The van der Waals surface area contributed by atoms with E-state index in [-0.39, 0.29) is 29.7 Å². The van der Waals surface area contributed by atoms with Crippen molar-refractivity contribution < 1.29 is 38.1 Å². The minimum absolute atomic E-state index is 0. The summed E-state index contributed by atoms with van der Waals surface area (Å²) in [5, 5.41) is 0. The van der Waals surface area contributed by atoms with E-state index in [2.05, 4.69) is 89.2 Å². The molecule has 0 bridgehead atoms. The maximum absolute atomic E-state index is 8.88. The molecule has 0 atom stereocenters. The molecule has 132 valence electrons. The number of phosphoric acid groups is 1. The summed E-state index contributed by atoms with van der Waals surface area (Å²) in [6.45, 7) is 11.3. The van der Waals surface area contributed by atoms with Crippen molar-refractivity contribution in [2.45, 2.75) is 45.4 Å². The molecule has 25 heavy (non-hydrogen) atoms. The first kappa shape index (κ1) is 24.1. The second-order valence-electron chi connectivity index (χ2n) is 7.25. The van der Waals surface area contributed by atoms with Gasteiger partial charge in [0, 0.05) is 0 Å². The van der Waals surface area contributed by atoms with Gasteiger partial charge in [-0.3, -0.25) is 0 Å². The Hall–Kier alpha value is -0.853. The minimum atomic E-state index is -4.64. The van der Waals surface area contributed by atoms with Gasteiger partial charge in [0.25, 0.3) is 0 Å². The molecule has 0 radical (unpaired) electrons. The van der Waals surface area contributed by atoms with Crippen LogP contribution in [-0.4, -0.2) is 14.7 Å². The van der Waals surface area contributed by atoms with Crippen LogP contribution in [0.15, 0.2) is 48.5 Å². The standard InChI is InChI=1S/C19H23.Li.H3O4P/c1-18(2,3)16-12-9-13-17(14-16)19(4,5)15-10-7-6-8-11-15;;1-5(2,3)4/h6-11,13-14H,1-5H3;;(H3,1,2,3,4)/q-1;+1;. The Labute approximate surface area is 162 Å². The van der Waals surface area contributed by atoms with Gasteiger partial charge in [0.1, 0.15) is 0 Å². The summed E-state index contributed by atoms with van der Waals surface area (Å²) in [5.74, 6) is 0. The van der Waals surface area contributed by atoms with Gasteiger partial charge in [0.2, 0.25) is 0 Å². The molecule has 2 aromatic carbocycles. The van der Waals surface area contributed by atoms with Crippen molar-refractivity contribution >= 4 is 7.82 Å². The predicted octanol–water partition coefficient (Wildman–Crippen LogP) is 1.19. The first-order valence-corrected chi connectivity index (χ1v) is 9.25. The molecule has 0 aliphatic rings. The van der Waals surface area contributed by atoms with Gasteiger partial charge in [-0.25, -0.2) is 4.57 Å². The molecule has 0 fully saturated rings. The van der Waals surface area contributed by atoms with E-state index in [1.165, 1.54) is 16.7 Å². The first-order chi connectivity index (χ1) is 10.8. The molecule has 0 saturated heterocycles. The fourth-order valence-electron chi connectivity index (χ4n) is 2.31. The van der Waals surface area contributed by atoms with E-state index in [4.69, 9.17) is 19.2 Å². The molecule has 2 rings (SSSR count). The summed E-state index contributed by atoms with van der Waals surface area (Å²) in [4.78, 5) is 21.6. The van der Waals surface area contributed by atoms with E-state index in [1.54, 1.807) is 0 Å². The maximum atomic E-state index is 8.88. The Bertz CT molecular complexity index is 695. The van der Waals surface area contributed by atoms with Gasteiger partial charge in [-0.05, 0) is 16.4 Å². The molecule has 0 aliphatic heterocycles. The molecular formula is C19H26LiO4P. The summed E-state index contributed by atoms with van der Waals surface area (Å²) < 4.78 is 8.88. The molecular weight excluding hydrogens is 330 g/mol. The van der Waals surface area contributed by atoms with E-state index < -0.39 is 7.82 Å². The van der Waals surface area contributed by atoms with Gasteiger partial charge < -0.3 is 14.7 Å². The second-order valence-corrected chi connectivity index (χ2v) is 8.27. The third-order valence-electron chi connectivity index (χ3n) is 3.83. The van der Waals surface area contributed by atoms with Crippen LogP contribution in [0.25, 0.3) is 0 Å². The number of benzene rings is 2. The number of rotatable bonds is 2. The molecule has 4 nitrogen and oxygen atoms in total. The zero-order valence-corrected chi connectivity index (χ0v) is 16.7. The van der Waals surface area contributed by atoms with Crippen molar-refractivity contribution in [2.75, 3.05) is 0 Å². The van der Waals surface area contributed by atoms with Gasteiger partial charge >= 0.3 is 26.7 Å². The van der Waals surface area contributed by atoms with Crippen LogP contribution in [0.1, 0.15) is 51.3 Å². The van der Waals surface area contributed by atoms with Crippen LogP contribution in [-0.2, 0) is 15.4 Å². The average molecular weight is 356 g/mol. The molecule has 0 unspecified atom stereocenters. The fraction of sp³-hybridized carbons (Fsp3) is 0.368. The number of hydrogen-bond acceptors (Lipinski definition) is 1.